The lowest BCUT2D eigenvalue weighted by Crippen LogP contribution is -2.25. The van der Waals surface area contributed by atoms with Crippen molar-refractivity contribution in [2.75, 3.05) is 6.61 Å². The largest absolute Gasteiger partial charge is 0.376 e. The second-order valence-corrected chi connectivity index (χ2v) is 4.50. The van der Waals surface area contributed by atoms with Crippen LogP contribution in [0.5, 0.6) is 0 Å². The van der Waals surface area contributed by atoms with Gasteiger partial charge >= 0.3 is 0 Å². The quantitative estimate of drug-likeness (QED) is 0.858. The summed E-state index contributed by atoms with van der Waals surface area (Å²) < 4.78 is 5.67. The van der Waals surface area contributed by atoms with E-state index in [1.54, 1.807) is 0 Å². The van der Waals surface area contributed by atoms with Crippen LogP contribution >= 0.6 is 0 Å². The summed E-state index contributed by atoms with van der Waals surface area (Å²) in [5.41, 5.74) is 8.39. The Morgan fingerprint density at radius 1 is 1.29 bits per heavy atom. The van der Waals surface area contributed by atoms with E-state index in [0.29, 0.717) is 0 Å². The van der Waals surface area contributed by atoms with Gasteiger partial charge in [0.15, 0.2) is 0 Å². The van der Waals surface area contributed by atoms with Crippen LogP contribution in [-0.2, 0) is 4.74 Å². The second-order valence-electron chi connectivity index (χ2n) is 4.50. The van der Waals surface area contributed by atoms with Crippen molar-refractivity contribution in [3.63, 3.8) is 0 Å². The van der Waals surface area contributed by atoms with E-state index in [9.17, 15) is 0 Å². The first-order chi connectivity index (χ1) is 8.36. The van der Waals surface area contributed by atoms with Crippen LogP contribution in [0, 0.1) is 0 Å². The third-order valence-electron chi connectivity index (χ3n) is 3.39. The van der Waals surface area contributed by atoms with E-state index in [1.807, 2.05) is 18.3 Å². The zero-order valence-corrected chi connectivity index (χ0v) is 9.67. The summed E-state index contributed by atoms with van der Waals surface area (Å²) in [6.07, 6.45) is 4.11. The summed E-state index contributed by atoms with van der Waals surface area (Å²) in [6, 6.07) is 10.1. The first kappa shape index (κ1) is 10.7. The minimum Gasteiger partial charge on any atom is -0.376 e. The molecular weight excluding hydrogens is 212 g/mol. The number of aromatic nitrogens is 1. The predicted molar refractivity (Wildman–Crippen MR) is 67.6 cm³/mol. The van der Waals surface area contributed by atoms with Crippen molar-refractivity contribution in [2.45, 2.75) is 25.0 Å². The SMILES string of the molecule is NC(c1cccc2cccnc12)C1CCCO1. The predicted octanol–water partition coefficient (Wildman–Crippen LogP) is 2.41. The molecule has 3 nitrogen and oxygen atoms in total. The van der Waals surface area contributed by atoms with Gasteiger partial charge in [0.1, 0.15) is 0 Å². The van der Waals surface area contributed by atoms with E-state index < -0.39 is 0 Å². The van der Waals surface area contributed by atoms with Gasteiger partial charge in [-0.15, -0.1) is 0 Å². The van der Waals surface area contributed by atoms with Crippen LogP contribution in [-0.4, -0.2) is 17.7 Å². The maximum Gasteiger partial charge on any atom is 0.0769 e. The molecule has 0 amide bonds. The van der Waals surface area contributed by atoms with Crippen LogP contribution in [0.1, 0.15) is 24.4 Å². The van der Waals surface area contributed by atoms with Gasteiger partial charge in [0.25, 0.3) is 0 Å². The van der Waals surface area contributed by atoms with Gasteiger partial charge in [-0.1, -0.05) is 24.3 Å². The summed E-state index contributed by atoms with van der Waals surface area (Å²) >= 11 is 0. The monoisotopic (exact) mass is 228 g/mol. The minimum atomic E-state index is -0.0731. The Balaban J connectivity index is 2.04. The molecule has 0 spiro atoms. The molecule has 1 aromatic carbocycles. The third kappa shape index (κ3) is 1.92. The molecule has 1 aliphatic rings. The highest BCUT2D eigenvalue weighted by Gasteiger charge is 2.25. The van der Waals surface area contributed by atoms with E-state index in [1.165, 1.54) is 0 Å². The fraction of sp³-hybridized carbons (Fsp3) is 0.357. The Bertz CT molecular complexity index is 515. The van der Waals surface area contributed by atoms with E-state index in [0.717, 1.165) is 35.9 Å². The van der Waals surface area contributed by atoms with Gasteiger partial charge in [0, 0.05) is 18.2 Å². The summed E-state index contributed by atoms with van der Waals surface area (Å²) in [7, 11) is 0. The van der Waals surface area contributed by atoms with Gasteiger partial charge in [0.05, 0.1) is 17.7 Å². The molecule has 2 N–H and O–H groups in total. The van der Waals surface area contributed by atoms with Crippen molar-refractivity contribution >= 4 is 10.9 Å². The Morgan fingerprint density at radius 3 is 3.00 bits per heavy atom. The number of para-hydroxylation sites is 1. The molecule has 2 atom stereocenters. The summed E-state index contributed by atoms with van der Waals surface area (Å²) in [5, 5.41) is 1.14. The Labute approximate surface area is 101 Å². The van der Waals surface area contributed by atoms with E-state index in [4.69, 9.17) is 10.5 Å². The molecule has 3 rings (SSSR count). The van der Waals surface area contributed by atoms with Crippen LogP contribution in [0.3, 0.4) is 0 Å². The van der Waals surface area contributed by atoms with Gasteiger partial charge in [-0.25, -0.2) is 0 Å². The first-order valence-corrected chi connectivity index (χ1v) is 6.07. The number of benzene rings is 1. The Morgan fingerprint density at radius 2 is 2.18 bits per heavy atom. The molecular formula is C14H16N2O. The molecule has 1 saturated heterocycles. The average molecular weight is 228 g/mol. The molecule has 2 unspecified atom stereocenters. The zero-order valence-electron chi connectivity index (χ0n) is 9.67. The highest BCUT2D eigenvalue weighted by molar-refractivity contribution is 5.82. The number of pyridine rings is 1. The zero-order chi connectivity index (χ0) is 11.7. The van der Waals surface area contributed by atoms with Crippen molar-refractivity contribution in [3.05, 3.63) is 42.1 Å². The minimum absolute atomic E-state index is 0.0731. The molecule has 0 bridgehead atoms. The smallest absolute Gasteiger partial charge is 0.0769 e. The maximum absolute atomic E-state index is 6.30. The Kier molecular flexibility index (Phi) is 2.79. The molecule has 2 aromatic rings. The number of hydrogen-bond acceptors (Lipinski definition) is 3. The van der Waals surface area contributed by atoms with Crippen molar-refractivity contribution in [1.82, 2.24) is 4.98 Å². The van der Waals surface area contributed by atoms with Crippen LogP contribution in [0.2, 0.25) is 0 Å². The van der Waals surface area contributed by atoms with Gasteiger partial charge in [-0.3, -0.25) is 4.98 Å². The standard InChI is InChI=1S/C14H16N2O/c15-13(12-7-3-9-17-12)11-6-1-4-10-5-2-8-16-14(10)11/h1-2,4-6,8,12-13H,3,7,9,15H2. The van der Waals surface area contributed by atoms with Gasteiger partial charge < -0.3 is 10.5 Å². The molecule has 1 aromatic heterocycles. The van der Waals surface area contributed by atoms with Crippen molar-refractivity contribution in [1.29, 1.82) is 0 Å². The number of hydrogen-bond donors (Lipinski definition) is 1. The molecule has 2 heterocycles. The summed E-state index contributed by atoms with van der Waals surface area (Å²) in [4.78, 5) is 4.44. The van der Waals surface area contributed by atoms with E-state index in [2.05, 4.69) is 23.2 Å². The number of nitrogens with two attached hydrogens (primary N) is 1. The lowest BCUT2D eigenvalue weighted by molar-refractivity contribution is 0.0903. The van der Waals surface area contributed by atoms with Gasteiger partial charge in [-0.05, 0) is 24.5 Å². The van der Waals surface area contributed by atoms with E-state index >= 15 is 0 Å². The molecule has 0 aliphatic carbocycles. The van der Waals surface area contributed by atoms with Crippen LogP contribution in [0.4, 0.5) is 0 Å². The van der Waals surface area contributed by atoms with Crippen LogP contribution in [0.15, 0.2) is 36.5 Å². The Hall–Kier alpha value is -1.45. The summed E-state index contributed by atoms with van der Waals surface area (Å²) in [5.74, 6) is 0. The average Bonchev–Trinajstić information content (AvgIpc) is 2.91. The molecule has 0 radical (unpaired) electrons. The topological polar surface area (TPSA) is 48.1 Å². The number of rotatable bonds is 2. The molecule has 17 heavy (non-hydrogen) atoms. The number of fused-ring (bicyclic) bond motifs is 1. The van der Waals surface area contributed by atoms with Crippen molar-refractivity contribution < 1.29 is 4.74 Å². The normalized spacial score (nSPS) is 21.8. The third-order valence-corrected chi connectivity index (χ3v) is 3.39. The lowest BCUT2D eigenvalue weighted by Gasteiger charge is -2.19. The molecule has 1 aliphatic heterocycles. The summed E-state index contributed by atoms with van der Waals surface area (Å²) in [6.45, 7) is 0.830. The molecule has 1 fully saturated rings. The molecule has 88 valence electrons. The van der Waals surface area contributed by atoms with Gasteiger partial charge in [-0.2, -0.15) is 0 Å². The van der Waals surface area contributed by atoms with Crippen LogP contribution in [0.25, 0.3) is 10.9 Å². The lowest BCUT2D eigenvalue weighted by atomic mass is 9.97. The number of ether oxygens (including phenoxy) is 1. The molecule has 0 saturated carbocycles. The second kappa shape index (κ2) is 4.43. The van der Waals surface area contributed by atoms with Gasteiger partial charge in [0.2, 0.25) is 0 Å². The highest BCUT2D eigenvalue weighted by Crippen LogP contribution is 2.28. The van der Waals surface area contributed by atoms with Crippen molar-refractivity contribution in [3.8, 4) is 0 Å². The maximum atomic E-state index is 6.30. The first-order valence-electron chi connectivity index (χ1n) is 6.07. The fourth-order valence-electron chi connectivity index (χ4n) is 2.48. The molecule has 3 heteroatoms. The van der Waals surface area contributed by atoms with E-state index in [-0.39, 0.29) is 12.1 Å². The fourth-order valence-corrected chi connectivity index (χ4v) is 2.48. The highest BCUT2D eigenvalue weighted by atomic mass is 16.5. The van der Waals surface area contributed by atoms with Crippen molar-refractivity contribution in [2.24, 2.45) is 5.73 Å². The van der Waals surface area contributed by atoms with Crippen LogP contribution < -0.4 is 5.73 Å². The number of nitrogens with zero attached hydrogens (tertiary/aromatic N) is 1.